The average molecular weight is 359 g/mol. The van der Waals surface area contributed by atoms with Crippen LogP contribution in [0.2, 0.25) is 0 Å². The van der Waals surface area contributed by atoms with Gasteiger partial charge in [-0.15, -0.1) is 0 Å². The van der Waals surface area contributed by atoms with Gasteiger partial charge in [-0.2, -0.15) is 17.0 Å². The minimum atomic E-state index is -3.40. The summed E-state index contributed by atoms with van der Waals surface area (Å²) in [7, 11) is -3.40. The van der Waals surface area contributed by atoms with Crippen molar-refractivity contribution in [1.82, 2.24) is 18.7 Å². The molecule has 1 aromatic rings. The Balaban J connectivity index is 1.83. The first-order valence-electron chi connectivity index (χ1n) is 8.07. The number of hydrogen-bond acceptors (Lipinski definition) is 6. The van der Waals surface area contributed by atoms with Crippen molar-refractivity contribution < 1.29 is 17.7 Å². The normalized spacial score (nSPS) is 17.3. The molecule has 1 amide bonds. The highest BCUT2D eigenvalue weighted by molar-refractivity contribution is 7.86. The Hall–Kier alpha value is -1.49. The summed E-state index contributed by atoms with van der Waals surface area (Å²) >= 11 is 0. The SMILES string of the molecule is CCN(CC)S(=O)(=O)N1CCN(CC(=O)Nc2cc(C)on2)CC1. The summed E-state index contributed by atoms with van der Waals surface area (Å²) in [5, 5.41) is 6.38. The molecule has 136 valence electrons. The van der Waals surface area contributed by atoms with E-state index in [2.05, 4.69) is 10.5 Å². The molecule has 1 aliphatic rings. The van der Waals surface area contributed by atoms with Crippen LogP contribution in [0.4, 0.5) is 5.82 Å². The number of aryl methyl sites for hydroxylation is 1. The van der Waals surface area contributed by atoms with Gasteiger partial charge in [0.25, 0.3) is 10.2 Å². The molecule has 2 heterocycles. The predicted octanol–water partition coefficient (Wildman–Crippen LogP) is 0.126. The molecular weight excluding hydrogens is 334 g/mol. The van der Waals surface area contributed by atoms with Gasteiger partial charge < -0.3 is 9.84 Å². The van der Waals surface area contributed by atoms with Gasteiger partial charge >= 0.3 is 0 Å². The summed E-state index contributed by atoms with van der Waals surface area (Å²) < 4.78 is 32.7. The number of carbonyl (C=O) groups is 1. The molecule has 1 aliphatic heterocycles. The number of carbonyl (C=O) groups excluding carboxylic acids is 1. The Morgan fingerprint density at radius 3 is 2.42 bits per heavy atom. The molecule has 0 aliphatic carbocycles. The van der Waals surface area contributed by atoms with Crippen molar-refractivity contribution in [3.8, 4) is 0 Å². The molecule has 1 N–H and O–H groups in total. The number of amides is 1. The minimum absolute atomic E-state index is 0.191. The number of anilines is 1. The van der Waals surface area contributed by atoms with E-state index in [1.807, 2.05) is 18.7 Å². The van der Waals surface area contributed by atoms with Crippen LogP contribution in [-0.4, -0.2) is 78.8 Å². The van der Waals surface area contributed by atoms with Crippen molar-refractivity contribution in [2.24, 2.45) is 0 Å². The van der Waals surface area contributed by atoms with Crippen LogP contribution in [0, 0.1) is 6.92 Å². The molecule has 0 aromatic carbocycles. The molecule has 1 fully saturated rings. The molecule has 24 heavy (non-hydrogen) atoms. The standard InChI is InChI=1S/C14H25N5O4S/c1-4-18(5-2)24(21,22)19-8-6-17(7-9-19)11-14(20)15-13-10-12(3)23-16-13/h10H,4-9,11H2,1-3H3,(H,15,16,20). The van der Waals surface area contributed by atoms with Crippen LogP contribution in [-0.2, 0) is 15.0 Å². The van der Waals surface area contributed by atoms with E-state index in [0.717, 1.165) is 0 Å². The van der Waals surface area contributed by atoms with Gasteiger partial charge in [-0.25, -0.2) is 0 Å². The van der Waals surface area contributed by atoms with Crippen molar-refractivity contribution in [1.29, 1.82) is 0 Å². The van der Waals surface area contributed by atoms with Gasteiger partial charge in [-0.3, -0.25) is 9.69 Å². The van der Waals surface area contributed by atoms with Crippen molar-refractivity contribution in [2.45, 2.75) is 20.8 Å². The first-order chi connectivity index (χ1) is 11.4. The smallest absolute Gasteiger partial charge is 0.282 e. The van der Waals surface area contributed by atoms with Crippen LogP contribution in [0.25, 0.3) is 0 Å². The molecule has 0 unspecified atom stereocenters. The maximum absolute atomic E-state index is 12.5. The monoisotopic (exact) mass is 359 g/mol. The summed E-state index contributed by atoms with van der Waals surface area (Å²) in [5.41, 5.74) is 0. The maximum Gasteiger partial charge on any atom is 0.282 e. The molecule has 9 nitrogen and oxygen atoms in total. The second-order valence-corrected chi connectivity index (χ2v) is 7.57. The lowest BCUT2D eigenvalue weighted by atomic mass is 10.3. The molecule has 2 rings (SSSR count). The molecular formula is C14H25N5O4S. The van der Waals surface area contributed by atoms with E-state index in [1.54, 1.807) is 13.0 Å². The molecule has 0 radical (unpaired) electrons. The Morgan fingerprint density at radius 2 is 1.92 bits per heavy atom. The fourth-order valence-electron chi connectivity index (χ4n) is 2.64. The van der Waals surface area contributed by atoms with Crippen LogP contribution in [0.3, 0.4) is 0 Å². The predicted molar refractivity (Wildman–Crippen MR) is 89.7 cm³/mol. The largest absolute Gasteiger partial charge is 0.360 e. The summed E-state index contributed by atoms with van der Waals surface area (Å²) in [6.07, 6.45) is 0. The lowest BCUT2D eigenvalue weighted by molar-refractivity contribution is -0.117. The number of hydrogen-bond donors (Lipinski definition) is 1. The van der Waals surface area contributed by atoms with Crippen molar-refractivity contribution in [3.63, 3.8) is 0 Å². The number of nitrogens with one attached hydrogen (secondary N) is 1. The van der Waals surface area contributed by atoms with Crippen molar-refractivity contribution >= 4 is 21.9 Å². The zero-order chi connectivity index (χ0) is 17.7. The van der Waals surface area contributed by atoms with Gasteiger partial charge in [-0.1, -0.05) is 19.0 Å². The quantitative estimate of drug-likeness (QED) is 0.743. The molecule has 1 saturated heterocycles. The van der Waals surface area contributed by atoms with Gasteiger partial charge in [-0.05, 0) is 6.92 Å². The first-order valence-corrected chi connectivity index (χ1v) is 9.47. The average Bonchev–Trinajstić information content (AvgIpc) is 2.93. The zero-order valence-electron chi connectivity index (χ0n) is 14.4. The van der Waals surface area contributed by atoms with E-state index < -0.39 is 10.2 Å². The zero-order valence-corrected chi connectivity index (χ0v) is 15.2. The lowest BCUT2D eigenvalue weighted by Crippen LogP contribution is -2.54. The molecule has 0 bridgehead atoms. The molecule has 0 spiro atoms. The van der Waals surface area contributed by atoms with E-state index in [9.17, 15) is 13.2 Å². The number of aromatic nitrogens is 1. The van der Waals surface area contributed by atoms with E-state index >= 15 is 0 Å². The van der Waals surface area contributed by atoms with Gasteiger partial charge in [0.15, 0.2) is 5.82 Å². The number of piperazine rings is 1. The van der Waals surface area contributed by atoms with Gasteiger partial charge in [0.05, 0.1) is 6.54 Å². The molecule has 0 saturated carbocycles. The third-order valence-electron chi connectivity index (χ3n) is 3.95. The summed E-state index contributed by atoms with van der Waals surface area (Å²) in [6, 6.07) is 1.65. The minimum Gasteiger partial charge on any atom is -0.360 e. The van der Waals surface area contributed by atoms with Crippen LogP contribution < -0.4 is 5.32 Å². The summed E-state index contributed by atoms with van der Waals surface area (Å²) in [6.45, 7) is 8.32. The van der Waals surface area contributed by atoms with Gasteiger partial charge in [0.2, 0.25) is 5.91 Å². The van der Waals surface area contributed by atoms with Gasteiger partial charge in [0, 0.05) is 45.3 Å². The fraction of sp³-hybridized carbons (Fsp3) is 0.714. The van der Waals surface area contributed by atoms with Crippen LogP contribution in [0.5, 0.6) is 0 Å². The van der Waals surface area contributed by atoms with E-state index in [0.29, 0.717) is 50.8 Å². The fourth-order valence-corrected chi connectivity index (χ4v) is 4.25. The van der Waals surface area contributed by atoms with E-state index in [4.69, 9.17) is 4.52 Å². The Bertz CT molecular complexity index is 648. The van der Waals surface area contributed by atoms with Crippen LogP contribution in [0.1, 0.15) is 19.6 Å². The first kappa shape index (κ1) is 18.8. The molecule has 0 atom stereocenters. The third kappa shape index (κ3) is 4.53. The van der Waals surface area contributed by atoms with E-state index in [1.165, 1.54) is 8.61 Å². The van der Waals surface area contributed by atoms with Gasteiger partial charge in [0.1, 0.15) is 5.76 Å². The van der Waals surface area contributed by atoms with Crippen LogP contribution >= 0.6 is 0 Å². The highest BCUT2D eigenvalue weighted by atomic mass is 32.2. The van der Waals surface area contributed by atoms with Crippen molar-refractivity contribution in [3.05, 3.63) is 11.8 Å². The maximum atomic E-state index is 12.5. The lowest BCUT2D eigenvalue weighted by Gasteiger charge is -2.35. The van der Waals surface area contributed by atoms with Crippen molar-refractivity contribution in [2.75, 3.05) is 51.1 Å². The highest BCUT2D eigenvalue weighted by Crippen LogP contribution is 2.12. The van der Waals surface area contributed by atoms with E-state index in [-0.39, 0.29) is 12.5 Å². The Labute approximate surface area is 142 Å². The molecule has 10 heteroatoms. The summed E-state index contributed by atoms with van der Waals surface area (Å²) in [4.78, 5) is 13.9. The highest BCUT2D eigenvalue weighted by Gasteiger charge is 2.31. The molecule has 1 aromatic heterocycles. The van der Waals surface area contributed by atoms with Crippen LogP contribution in [0.15, 0.2) is 10.6 Å². The third-order valence-corrected chi connectivity index (χ3v) is 6.14. The topological polar surface area (TPSA) is 99.0 Å². The summed E-state index contributed by atoms with van der Waals surface area (Å²) in [5.74, 6) is 0.823. The second kappa shape index (κ2) is 8.06. The second-order valence-electron chi connectivity index (χ2n) is 5.64. The number of nitrogens with zero attached hydrogens (tertiary/aromatic N) is 4. The Morgan fingerprint density at radius 1 is 1.29 bits per heavy atom. The number of rotatable bonds is 7. The Kier molecular flexibility index (Phi) is 6.33.